The minimum atomic E-state index is -0.0489. The van der Waals surface area contributed by atoms with E-state index in [1.54, 1.807) is 0 Å². The molecule has 0 saturated carbocycles. The maximum absolute atomic E-state index is 11.5. The van der Waals surface area contributed by atoms with Crippen molar-refractivity contribution in [1.82, 2.24) is 20.0 Å². The highest BCUT2D eigenvalue weighted by Gasteiger charge is 2.28. The van der Waals surface area contributed by atoms with Gasteiger partial charge in [0.15, 0.2) is 0 Å². The van der Waals surface area contributed by atoms with Crippen molar-refractivity contribution in [3.8, 4) is 0 Å². The van der Waals surface area contributed by atoms with Crippen molar-refractivity contribution in [2.45, 2.75) is 38.4 Å². The molecule has 2 aliphatic rings. The summed E-state index contributed by atoms with van der Waals surface area (Å²) in [5.41, 5.74) is 1.28. The van der Waals surface area contributed by atoms with Crippen LogP contribution in [0.3, 0.4) is 0 Å². The Kier molecular flexibility index (Phi) is 6.23. The molecule has 1 fully saturated rings. The number of nitrogens with one attached hydrogen (secondary N) is 1. The molecule has 1 saturated heterocycles. The molecule has 7 heteroatoms. The first-order valence-electron chi connectivity index (χ1n) is 8.84. The molecule has 1 aromatic rings. The van der Waals surface area contributed by atoms with Crippen LogP contribution in [0.25, 0.3) is 0 Å². The van der Waals surface area contributed by atoms with Gasteiger partial charge < -0.3 is 14.8 Å². The summed E-state index contributed by atoms with van der Waals surface area (Å²) >= 11 is 0. The van der Waals surface area contributed by atoms with Crippen LogP contribution in [-0.4, -0.2) is 66.6 Å². The summed E-state index contributed by atoms with van der Waals surface area (Å²) in [6.45, 7) is 5.46. The molecule has 134 valence electrons. The van der Waals surface area contributed by atoms with Crippen molar-refractivity contribution in [3.05, 3.63) is 18.0 Å². The number of carbonyl (C=O) groups is 1. The van der Waals surface area contributed by atoms with Gasteiger partial charge in [0.1, 0.15) is 6.61 Å². The summed E-state index contributed by atoms with van der Waals surface area (Å²) in [7, 11) is 1.54. The smallest absolute Gasteiger partial charge is 0.245 e. The number of hydrogen-bond acceptors (Lipinski definition) is 5. The van der Waals surface area contributed by atoms with Gasteiger partial charge in [-0.05, 0) is 31.2 Å². The molecule has 1 atom stereocenters. The fraction of sp³-hybridized carbons (Fsp3) is 0.765. The lowest BCUT2D eigenvalue weighted by molar-refractivity contribution is -0.124. The highest BCUT2D eigenvalue weighted by Crippen LogP contribution is 2.23. The number of methoxy groups -OCH3 is 1. The largest absolute Gasteiger partial charge is 0.381 e. The standard InChI is InChI=1S/C17H28N4O3/c1-23-13-17(22)18-6-2-14-10-20(15-4-8-24-9-5-15)12-16-3-7-19-21(16)11-14/h3,7,14-15H,2,4-6,8-13H2,1H3,(H,18,22). The third-order valence-electron chi connectivity index (χ3n) is 4.95. The lowest BCUT2D eigenvalue weighted by atomic mass is 10.0. The number of hydrogen-bond donors (Lipinski definition) is 1. The van der Waals surface area contributed by atoms with Gasteiger partial charge in [-0.3, -0.25) is 14.4 Å². The molecule has 0 aromatic carbocycles. The summed E-state index contributed by atoms with van der Waals surface area (Å²) in [4.78, 5) is 14.1. The van der Waals surface area contributed by atoms with Crippen LogP contribution in [0.4, 0.5) is 0 Å². The summed E-state index contributed by atoms with van der Waals surface area (Å²) in [5.74, 6) is 0.434. The summed E-state index contributed by atoms with van der Waals surface area (Å²) in [5, 5.41) is 7.41. The van der Waals surface area contributed by atoms with Gasteiger partial charge in [0.2, 0.25) is 5.91 Å². The summed E-state index contributed by atoms with van der Waals surface area (Å²) < 4.78 is 12.5. The van der Waals surface area contributed by atoms with Crippen molar-refractivity contribution in [2.24, 2.45) is 5.92 Å². The van der Waals surface area contributed by atoms with Crippen LogP contribution in [0, 0.1) is 5.92 Å². The van der Waals surface area contributed by atoms with Crippen molar-refractivity contribution in [1.29, 1.82) is 0 Å². The molecular weight excluding hydrogens is 308 g/mol. The van der Waals surface area contributed by atoms with Crippen LogP contribution in [-0.2, 0) is 27.4 Å². The Morgan fingerprint density at radius 1 is 1.42 bits per heavy atom. The molecule has 0 bridgehead atoms. The monoisotopic (exact) mass is 336 g/mol. The number of nitrogens with zero attached hydrogens (tertiary/aromatic N) is 3. The van der Waals surface area contributed by atoms with E-state index in [1.807, 2.05) is 6.20 Å². The Labute approximate surface area is 143 Å². The van der Waals surface area contributed by atoms with Crippen LogP contribution in [0.15, 0.2) is 12.3 Å². The van der Waals surface area contributed by atoms with Gasteiger partial charge in [0.05, 0.1) is 5.69 Å². The van der Waals surface area contributed by atoms with Gasteiger partial charge in [-0.25, -0.2) is 0 Å². The Morgan fingerprint density at radius 2 is 2.25 bits per heavy atom. The van der Waals surface area contributed by atoms with Crippen LogP contribution in [0.1, 0.15) is 25.0 Å². The number of amides is 1. The average Bonchev–Trinajstić information content (AvgIpc) is 2.94. The highest BCUT2D eigenvalue weighted by molar-refractivity contribution is 5.77. The third kappa shape index (κ3) is 4.55. The molecule has 7 nitrogen and oxygen atoms in total. The normalized spacial score (nSPS) is 22.8. The van der Waals surface area contributed by atoms with E-state index in [0.29, 0.717) is 18.5 Å². The van der Waals surface area contributed by atoms with Crippen molar-refractivity contribution >= 4 is 5.91 Å². The number of fused-ring (bicyclic) bond motifs is 1. The zero-order valence-corrected chi connectivity index (χ0v) is 14.4. The van der Waals surface area contributed by atoms with E-state index >= 15 is 0 Å². The molecule has 0 aliphatic carbocycles. The zero-order valence-electron chi connectivity index (χ0n) is 14.4. The molecule has 2 aliphatic heterocycles. The van der Waals surface area contributed by atoms with E-state index in [0.717, 1.165) is 52.1 Å². The van der Waals surface area contributed by atoms with E-state index < -0.39 is 0 Å². The first-order chi connectivity index (χ1) is 11.8. The SMILES string of the molecule is COCC(=O)NCCC1CN(C2CCOCC2)Cc2ccnn2C1. The molecule has 24 heavy (non-hydrogen) atoms. The van der Waals surface area contributed by atoms with Crippen molar-refractivity contribution in [2.75, 3.05) is 40.0 Å². The molecule has 1 amide bonds. The third-order valence-corrected chi connectivity index (χ3v) is 4.95. The maximum Gasteiger partial charge on any atom is 0.245 e. The van der Waals surface area contributed by atoms with E-state index in [9.17, 15) is 4.79 Å². The van der Waals surface area contributed by atoms with Gasteiger partial charge in [-0.15, -0.1) is 0 Å². The molecule has 1 unspecified atom stereocenters. The van der Waals surface area contributed by atoms with Crippen molar-refractivity contribution in [3.63, 3.8) is 0 Å². The van der Waals surface area contributed by atoms with Gasteiger partial charge in [0, 0.05) is 58.7 Å². The summed E-state index contributed by atoms with van der Waals surface area (Å²) in [6, 6.07) is 2.71. The fourth-order valence-corrected chi connectivity index (χ4v) is 3.67. The van der Waals surface area contributed by atoms with Crippen molar-refractivity contribution < 1.29 is 14.3 Å². The van der Waals surface area contributed by atoms with Gasteiger partial charge in [-0.2, -0.15) is 5.10 Å². The number of ether oxygens (including phenoxy) is 2. The zero-order chi connectivity index (χ0) is 16.8. The molecule has 3 rings (SSSR count). The topological polar surface area (TPSA) is 68.6 Å². The predicted octanol–water partition coefficient (Wildman–Crippen LogP) is 0.647. The maximum atomic E-state index is 11.5. The lowest BCUT2D eigenvalue weighted by Crippen LogP contribution is -2.41. The second-order valence-corrected chi connectivity index (χ2v) is 6.72. The quantitative estimate of drug-likeness (QED) is 0.826. The van der Waals surface area contributed by atoms with Gasteiger partial charge in [0.25, 0.3) is 0 Å². The number of rotatable bonds is 6. The Balaban J connectivity index is 1.59. The fourth-order valence-electron chi connectivity index (χ4n) is 3.67. The van der Waals surface area contributed by atoms with Crippen LogP contribution in [0.2, 0.25) is 0 Å². The Hall–Kier alpha value is -1.44. The number of aromatic nitrogens is 2. The molecule has 0 spiro atoms. The first-order valence-corrected chi connectivity index (χ1v) is 8.84. The minimum Gasteiger partial charge on any atom is -0.381 e. The van der Waals surface area contributed by atoms with Crippen LogP contribution < -0.4 is 5.32 Å². The number of carbonyl (C=O) groups excluding carboxylic acids is 1. The second kappa shape index (κ2) is 8.60. The van der Waals surface area contributed by atoms with E-state index in [4.69, 9.17) is 9.47 Å². The predicted molar refractivity (Wildman–Crippen MR) is 89.5 cm³/mol. The van der Waals surface area contributed by atoms with Crippen LogP contribution in [0.5, 0.6) is 0 Å². The lowest BCUT2D eigenvalue weighted by Gasteiger charge is -2.34. The van der Waals surface area contributed by atoms with E-state index in [1.165, 1.54) is 12.8 Å². The minimum absolute atomic E-state index is 0.0489. The molecule has 0 radical (unpaired) electrons. The summed E-state index contributed by atoms with van der Waals surface area (Å²) in [6.07, 6.45) is 5.05. The highest BCUT2D eigenvalue weighted by atomic mass is 16.5. The van der Waals surface area contributed by atoms with Gasteiger partial charge in [-0.1, -0.05) is 0 Å². The van der Waals surface area contributed by atoms with Crippen LogP contribution >= 0.6 is 0 Å². The molecular formula is C17H28N4O3. The Bertz CT molecular complexity index is 528. The first kappa shape index (κ1) is 17.4. The van der Waals surface area contributed by atoms with E-state index in [2.05, 4.69) is 26.1 Å². The Morgan fingerprint density at radius 3 is 3.04 bits per heavy atom. The van der Waals surface area contributed by atoms with Gasteiger partial charge >= 0.3 is 0 Å². The molecule has 3 heterocycles. The van der Waals surface area contributed by atoms with E-state index in [-0.39, 0.29) is 12.5 Å². The average molecular weight is 336 g/mol. The second-order valence-electron chi connectivity index (χ2n) is 6.72. The molecule has 1 N–H and O–H groups in total. The molecule has 1 aromatic heterocycles.